The van der Waals surface area contributed by atoms with Crippen LogP contribution in [0.1, 0.15) is 23.0 Å². The van der Waals surface area contributed by atoms with Crippen LogP contribution >= 0.6 is 0 Å². The van der Waals surface area contributed by atoms with Gasteiger partial charge in [0.05, 0.1) is 30.2 Å². The average Bonchev–Trinajstić information content (AvgIpc) is 2.78. The van der Waals surface area contributed by atoms with Crippen molar-refractivity contribution in [2.45, 2.75) is 19.9 Å². The van der Waals surface area contributed by atoms with Gasteiger partial charge in [-0.1, -0.05) is 24.3 Å². The third kappa shape index (κ3) is 3.94. The van der Waals surface area contributed by atoms with E-state index in [9.17, 15) is 14.7 Å². The zero-order valence-electron chi connectivity index (χ0n) is 17.3. The van der Waals surface area contributed by atoms with Gasteiger partial charge in [-0.2, -0.15) is 0 Å². The highest BCUT2D eigenvalue weighted by Gasteiger charge is 2.17. The topological polar surface area (TPSA) is 90.7 Å². The molecule has 0 atom stereocenters. The molecule has 0 aliphatic heterocycles. The lowest BCUT2D eigenvalue weighted by atomic mass is 10.1. The van der Waals surface area contributed by atoms with Crippen molar-refractivity contribution in [3.8, 4) is 11.5 Å². The molecule has 0 saturated heterocycles. The van der Waals surface area contributed by atoms with Crippen molar-refractivity contribution in [2.75, 3.05) is 13.7 Å². The Morgan fingerprint density at radius 1 is 1.10 bits per heavy atom. The van der Waals surface area contributed by atoms with Gasteiger partial charge in [0.2, 0.25) is 0 Å². The van der Waals surface area contributed by atoms with Crippen LogP contribution in [-0.2, 0) is 13.0 Å². The molecule has 2 aromatic heterocycles. The summed E-state index contributed by atoms with van der Waals surface area (Å²) in [5.41, 5.74) is 1.57. The minimum absolute atomic E-state index is 0.0418. The third-order valence-electron chi connectivity index (χ3n) is 5.21. The van der Waals surface area contributed by atoms with Crippen molar-refractivity contribution in [3.63, 3.8) is 0 Å². The van der Waals surface area contributed by atoms with Gasteiger partial charge >= 0.3 is 5.97 Å². The lowest BCUT2D eigenvalue weighted by Gasteiger charge is -2.14. The molecule has 0 aliphatic rings. The number of fused-ring (bicyclic) bond motifs is 2. The normalized spacial score (nSPS) is 11.0. The summed E-state index contributed by atoms with van der Waals surface area (Å²) in [6.45, 7) is 2.48. The van der Waals surface area contributed by atoms with Gasteiger partial charge in [-0.05, 0) is 31.2 Å². The van der Waals surface area contributed by atoms with Crippen LogP contribution in [0.4, 0.5) is 0 Å². The molecule has 2 heterocycles. The van der Waals surface area contributed by atoms with Gasteiger partial charge in [0.15, 0.2) is 11.5 Å². The number of aromatic nitrogens is 2. The number of ether oxygens (including phenoxy) is 2. The highest BCUT2D eigenvalue weighted by atomic mass is 16.5. The SMILES string of the molecule is CCn1cc(C(=O)O)c2cc(OCCc3ccc4ccccc4n3)c(OC)cc2c1=O. The third-order valence-corrected chi connectivity index (χ3v) is 5.21. The Hall–Kier alpha value is -3.87. The molecule has 31 heavy (non-hydrogen) atoms. The smallest absolute Gasteiger partial charge is 0.337 e. The molecule has 2 aromatic carbocycles. The maximum absolute atomic E-state index is 12.7. The Balaban J connectivity index is 1.65. The van der Waals surface area contributed by atoms with Gasteiger partial charge in [0, 0.05) is 35.6 Å². The van der Waals surface area contributed by atoms with E-state index < -0.39 is 5.97 Å². The fraction of sp³-hybridized carbons (Fsp3) is 0.208. The summed E-state index contributed by atoms with van der Waals surface area (Å²) in [7, 11) is 1.48. The predicted molar refractivity (Wildman–Crippen MR) is 118 cm³/mol. The van der Waals surface area contributed by atoms with Crippen LogP contribution in [0.15, 0.2) is 59.5 Å². The molecule has 0 unspecified atom stereocenters. The molecule has 0 amide bonds. The molecular formula is C24H22N2O5. The van der Waals surface area contributed by atoms with Crippen LogP contribution in [-0.4, -0.2) is 34.3 Å². The lowest BCUT2D eigenvalue weighted by molar-refractivity contribution is 0.0698. The number of carbonyl (C=O) groups is 1. The molecule has 7 heteroatoms. The first kappa shape index (κ1) is 20.4. The Morgan fingerprint density at radius 3 is 2.61 bits per heavy atom. The number of carboxylic acid groups (broad SMARTS) is 1. The van der Waals surface area contributed by atoms with Crippen molar-refractivity contribution in [2.24, 2.45) is 0 Å². The van der Waals surface area contributed by atoms with Gasteiger partial charge in [-0.15, -0.1) is 0 Å². The van der Waals surface area contributed by atoms with E-state index in [0.717, 1.165) is 16.6 Å². The maximum Gasteiger partial charge on any atom is 0.337 e. The molecule has 0 bridgehead atoms. The fourth-order valence-corrected chi connectivity index (χ4v) is 3.59. The number of hydrogen-bond acceptors (Lipinski definition) is 5. The van der Waals surface area contributed by atoms with Gasteiger partial charge in [-0.25, -0.2) is 4.79 Å². The van der Waals surface area contributed by atoms with Gasteiger partial charge < -0.3 is 19.1 Å². The standard InChI is InChI=1S/C24H22N2O5/c1-3-26-14-19(24(28)29)17-12-22(21(30-2)13-18(17)23(26)27)31-11-10-16-9-8-15-6-4-5-7-20(15)25-16/h4-9,12-14H,3,10-11H2,1-2H3,(H,28,29). The molecule has 0 aliphatic carbocycles. The molecule has 0 fully saturated rings. The van der Waals surface area contributed by atoms with Gasteiger partial charge in [0.1, 0.15) is 0 Å². The molecular weight excluding hydrogens is 396 g/mol. The number of rotatable bonds is 7. The van der Waals surface area contributed by atoms with Crippen molar-refractivity contribution in [1.29, 1.82) is 0 Å². The largest absolute Gasteiger partial charge is 0.493 e. The number of nitrogens with zero attached hydrogens (tertiary/aromatic N) is 2. The molecule has 7 nitrogen and oxygen atoms in total. The van der Waals surface area contributed by atoms with Gasteiger partial charge in [0.25, 0.3) is 5.56 Å². The molecule has 0 spiro atoms. The van der Waals surface area contributed by atoms with Gasteiger partial charge in [-0.3, -0.25) is 9.78 Å². The Kier molecular flexibility index (Phi) is 5.58. The van der Waals surface area contributed by atoms with E-state index in [1.807, 2.05) is 36.4 Å². The quantitative estimate of drug-likeness (QED) is 0.490. The Bertz CT molecular complexity index is 1340. The van der Waals surface area contributed by atoms with Crippen molar-refractivity contribution >= 4 is 27.6 Å². The zero-order valence-corrected chi connectivity index (χ0v) is 17.3. The summed E-state index contributed by atoms with van der Waals surface area (Å²) in [5.74, 6) is -0.350. The molecule has 158 valence electrons. The van der Waals surface area contributed by atoms with Crippen LogP contribution in [0.25, 0.3) is 21.7 Å². The predicted octanol–water partition coefficient (Wildman–Crippen LogP) is 3.90. The number of pyridine rings is 2. The van der Waals surface area contributed by atoms with Crippen molar-refractivity contribution in [1.82, 2.24) is 9.55 Å². The summed E-state index contributed by atoms with van der Waals surface area (Å²) >= 11 is 0. The van der Waals surface area contributed by atoms with E-state index >= 15 is 0 Å². The second-order valence-corrected chi connectivity index (χ2v) is 7.08. The van der Waals surface area contributed by atoms with Crippen LogP contribution < -0.4 is 15.0 Å². The van der Waals surface area contributed by atoms with Crippen molar-refractivity contribution in [3.05, 3.63) is 76.3 Å². The van der Waals surface area contributed by atoms with E-state index in [2.05, 4.69) is 4.98 Å². The second-order valence-electron chi connectivity index (χ2n) is 7.08. The van der Waals surface area contributed by atoms with Crippen molar-refractivity contribution < 1.29 is 19.4 Å². The van der Waals surface area contributed by atoms with E-state index in [1.54, 1.807) is 19.1 Å². The summed E-state index contributed by atoms with van der Waals surface area (Å²) in [5, 5.41) is 11.3. The number of aromatic carboxylic acids is 1. The van der Waals surface area contributed by atoms with E-state index in [4.69, 9.17) is 9.47 Å². The lowest BCUT2D eigenvalue weighted by Crippen LogP contribution is -2.21. The number of carboxylic acids is 1. The van der Waals surface area contributed by atoms with Crippen LogP contribution in [0.2, 0.25) is 0 Å². The maximum atomic E-state index is 12.7. The molecule has 0 radical (unpaired) electrons. The van der Waals surface area contributed by atoms with E-state index in [-0.39, 0.29) is 16.5 Å². The van der Waals surface area contributed by atoms with Crippen LogP contribution in [0, 0.1) is 0 Å². The van der Waals surface area contributed by atoms with E-state index in [1.165, 1.54) is 17.9 Å². The minimum atomic E-state index is -1.11. The molecule has 1 N–H and O–H groups in total. The number of methoxy groups -OCH3 is 1. The highest BCUT2D eigenvalue weighted by Crippen LogP contribution is 2.33. The fourth-order valence-electron chi connectivity index (χ4n) is 3.59. The zero-order chi connectivity index (χ0) is 22.0. The van der Waals surface area contributed by atoms with Crippen LogP contribution in [0.3, 0.4) is 0 Å². The molecule has 4 aromatic rings. The average molecular weight is 418 g/mol. The summed E-state index contributed by atoms with van der Waals surface area (Å²) in [6, 6.07) is 15.0. The first-order chi connectivity index (χ1) is 15.0. The highest BCUT2D eigenvalue weighted by molar-refractivity contribution is 6.04. The first-order valence-corrected chi connectivity index (χ1v) is 9.97. The minimum Gasteiger partial charge on any atom is -0.493 e. The first-order valence-electron chi connectivity index (χ1n) is 9.97. The van der Waals surface area contributed by atoms with E-state index in [0.29, 0.717) is 36.5 Å². The Morgan fingerprint density at radius 2 is 1.87 bits per heavy atom. The number of aryl methyl sites for hydroxylation is 1. The monoisotopic (exact) mass is 418 g/mol. The van der Waals surface area contributed by atoms with Crippen LogP contribution in [0.5, 0.6) is 11.5 Å². The number of hydrogen-bond donors (Lipinski definition) is 1. The number of para-hydroxylation sites is 1. The Labute approximate surface area is 178 Å². The summed E-state index contributed by atoms with van der Waals surface area (Å²) < 4.78 is 12.7. The summed E-state index contributed by atoms with van der Waals surface area (Å²) in [6.07, 6.45) is 1.93. The number of benzene rings is 2. The summed E-state index contributed by atoms with van der Waals surface area (Å²) in [4.78, 5) is 29.1. The second kappa shape index (κ2) is 8.47. The molecule has 0 saturated carbocycles. The molecule has 4 rings (SSSR count).